The molecule has 0 aromatic heterocycles. The number of hydrogen-bond acceptors (Lipinski definition) is 1. The van der Waals surface area contributed by atoms with Gasteiger partial charge in [-0.05, 0) is 42.5 Å². The predicted molar refractivity (Wildman–Crippen MR) is 89.8 cm³/mol. The maximum atomic E-state index is 13.9. The standard InChI is InChI=1S/C20H21F2N/c21-19-10-11-20(22)18(13-19)15-23(14-17-8-9-17)12-4-7-16-5-2-1-3-6-16/h1-7,10-11,13,17H,8-9,12,14-15H2. The Labute approximate surface area is 136 Å². The summed E-state index contributed by atoms with van der Waals surface area (Å²) in [6.07, 6.45) is 6.64. The van der Waals surface area contributed by atoms with Crippen molar-refractivity contribution in [2.45, 2.75) is 19.4 Å². The summed E-state index contributed by atoms with van der Waals surface area (Å²) in [5.74, 6) is -0.0106. The van der Waals surface area contributed by atoms with Gasteiger partial charge in [-0.3, -0.25) is 4.90 Å². The third-order valence-electron chi connectivity index (χ3n) is 4.09. The van der Waals surface area contributed by atoms with Gasteiger partial charge < -0.3 is 0 Å². The first-order valence-electron chi connectivity index (χ1n) is 8.08. The van der Waals surface area contributed by atoms with Crippen molar-refractivity contribution >= 4 is 6.08 Å². The Morgan fingerprint density at radius 1 is 1.04 bits per heavy atom. The number of nitrogens with zero attached hydrogens (tertiary/aromatic N) is 1. The van der Waals surface area contributed by atoms with Gasteiger partial charge in [0.25, 0.3) is 0 Å². The lowest BCUT2D eigenvalue weighted by Gasteiger charge is -2.21. The Hall–Kier alpha value is -2.00. The zero-order chi connectivity index (χ0) is 16.1. The molecule has 0 heterocycles. The van der Waals surface area contributed by atoms with E-state index in [1.807, 2.05) is 30.3 Å². The molecule has 3 heteroatoms. The van der Waals surface area contributed by atoms with Gasteiger partial charge >= 0.3 is 0 Å². The molecule has 1 aliphatic rings. The van der Waals surface area contributed by atoms with E-state index in [0.29, 0.717) is 18.0 Å². The summed E-state index contributed by atoms with van der Waals surface area (Å²) in [6.45, 7) is 2.12. The Bertz CT molecular complexity index is 663. The molecule has 2 aromatic rings. The van der Waals surface area contributed by atoms with Crippen molar-refractivity contribution in [2.75, 3.05) is 13.1 Å². The molecule has 120 valence electrons. The van der Waals surface area contributed by atoms with E-state index in [4.69, 9.17) is 0 Å². The number of rotatable bonds is 7. The fourth-order valence-electron chi connectivity index (χ4n) is 2.68. The monoisotopic (exact) mass is 313 g/mol. The summed E-state index contributed by atoms with van der Waals surface area (Å²) >= 11 is 0. The molecule has 0 spiro atoms. The minimum Gasteiger partial charge on any atom is -0.295 e. The van der Waals surface area contributed by atoms with Gasteiger partial charge in [0.2, 0.25) is 0 Å². The molecule has 0 aliphatic heterocycles. The van der Waals surface area contributed by atoms with Crippen LogP contribution in [-0.2, 0) is 6.54 Å². The lowest BCUT2D eigenvalue weighted by atomic mass is 10.1. The highest BCUT2D eigenvalue weighted by molar-refractivity contribution is 5.48. The Morgan fingerprint density at radius 2 is 1.83 bits per heavy atom. The largest absolute Gasteiger partial charge is 0.295 e. The molecule has 0 unspecified atom stereocenters. The summed E-state index contributed by atoms with van der Waals surface area (Å²) < 4.78 is 27.2. The second-order valence-corrected chi connectivity index (χ2v) is 6.19. The minimum atomic E-state index is -0.382. The van der Waals surface area contributed by atoms with Gasteiger partial charge in [0.15, 0.2) is 0 Å². The van der Waals surface area contributed by atoms with Crippen LogP contribution in [0.4, 0.5) is 8.78 Å². The van der Waals surface area contributed by atoms with Gasteiger partial charge in [0.05, 0.1) is 0 Å². The van der Waals surface area contributed by atoms with E-state index in [1.165, 1.54) is 31.0 Å². The molecule has 23 heavy (non-hydrogen) atoms. The Morgan fingerprint density at radius 3 is 2.57 bits per heavy atom. The van der Waals surface area contributed by atoms with E-state index >= 15 is 0 Å². The fourth-order valence-corrected chi connectivity index (χ4v) is 2.68. The summed E-state index contributed by atoms with van der Waals surface area (Å²) in [5.41, 5.74) is 1.58. The fraction of sp³-hybridized carbons (Fsp3) is 0.300. The molecule has 1 aliphatic carbocycles. The van der Waals surface area contributed by atoms with Crippen LogP contribution in [0.5, 0.6) is 0 Å². The highest BCUT2D eigenvalue weighted by Gasteiger charge is 2.24. The van der Waals surface area contributed by atoms with Crippen LogP contribution >= 0.6 is 0 Å². The average molecular weight is 313 g/mol. The molecule has 0 atom stereocenters. The van der Waals surface area contributed by atoms with Gasteiger partial charge in [-0.1, -0.05) is 42.5 Å². The Balaban J connectivity index is 1.65. The SMILES string of the molecule is Fc1ccc(F)c(CN(CC=Cc2ccccc2)CC2CC2)c1. The van der Waals surface area contributed by atoms with Crippen LogP contribution in [0.15, 0.2) is 54.6 Å². The molecule has 0 amide bonds. The third-order valence-corrected chi connectivity index (χ3v) is 4.09. The van der Waals surface area contributed by atoms with Crippen molar-refractivity contribution in [2.24, 2.45) is 5.92 Å². The molecule has 1 nitrogen and oxygen atoms in total. The maximum absolute atomic E-state index is 13.9. The zero-order valence-corrected chi connectivity index (χ0v) is 13.1. The molecule has 2 aromatic carbocycles. The second kappa shape index (κ2) is 7.51. The molecule has 0 N–H and O–H groups in total. The van der Waals surface area contributed by atoms with Crippen molar-refractivity contribution in [3.8, 4) is 0 Å². The van der Waals surface area contributed by atoms with Crippen LogP contribution in [0.2, 0.25) is 0 Å². The van der Waals surface area contributed by atoms with Gasteiger partial charge in [-0.25, -0.2) is 8.78 Å². The molecular weight excluding hydrogens is 292 g/mol. The van der Waals surface area contributed by atoms with Crippen molar-refractivity contribution in [3.63, 3.8) is 0 Å². The van der Waals surface area contributed by atoms with E-state index < -0.39 is 0 Å². The van der Waals surface area contributed by atoms with Crippen LogP contribution in [0.3, 0.4) is 0 Å². The summed E-state index contributed by atoms with van der Waals surface area (Å²) in [5, 5.41) is 0. The first-order valence-corrected chi connectivity index (χ1v) is 8.08. The normalized spacial score (nSPS) is 14.7. The molecule has 3 rings (SSSR count). The second-order valence-electron chi connectivity index (χ2n) is 6.19. The van der Waals surface area contributed by atoms with Gasteiger partial charge in [0, 0.05) is 25.2 Å². The summed E-state index contributed by atoms with van der Waals surface area (Å²) in [7, 11) is 0. The molecular formula is C20H21F2N. The van der Waals surface area contributed by atoms with Crippen molar-refractivity contribution in [1.29, 1.82) is 0 Å². The third kappa shape index (κ3) is 5.00. The maximum Gasteiger partial charge on any atom is 0.127 e. The van der Waals surface area contributed by atoms with E-state index in [0.717, 1.165) is 18.7 Å². The van der Waals surface area contributed by atoms with Crippen LogP contribution in [0.25, 0.3) is 6.08 Å². The van der Waals surface area contributed by atoms with Gasteiger partial charge in [0.1, 0.15) is 11.6 Å². The Kier molecular flexibility index (Phi) is 5.19. The molecule has 0 saturated heterocycles. The lowest BCUT2D eigenvalue weighted by molar-refractivity contribution is 0.278. The van der Waals surface area contributed by atoms with E-state index in [2.05, 4.69) is 17.1 Å². The van der Waals surface area contributed by atoms with Gasteiger partial charge in [-0.2, -0.15) is 0 Å². The quantitative estimate of drug-likeness (QED) is 0.703. The van der Waals surface area contributed by atoms with Crippen LogP contribution < -0.4 is 0 Å². The van der Waals surface area contributed by atoms with E-state index in [9.17, 15) is 8.78 Å². The minimum absolute atomic E-state index is 0.334. The van der Waals surface area contributed by atoms with E-state index in [-0.39, 0.29) is 11.6 Å². The summed E-state index contributed by atoms with van der Waals surface area (Å²) in [4.78, 5) is 2.19. The molecule has 0 bridgehead atoms. The molecule has 1 saturated carbocycles. The van der Waals surface area contributed by atoms with Crippen molar-refractivity contribution in [1.82, 2.24) is 4.90 Å². The number of hydrogen-bond donors (Lipinski definition) is 0. The summed E-state index contributed by atoms with van der Waals surface area (Å²) in [6, 6.07) is 13.8. The highest BCUT2D eigenvalue weighted by atomic mass is 19.1. The topological polar surface area (TPSA) is 3.24 Å². The van der Waals surface area contributed by atoms with Crippen LogP contribution in [0, 0.1) is 17.6 Å². The highest BCUT2D eigenvalue weighted by Crippen LogP contribution is 2.30. The average Bonchev–Trinajstić information content (AvgIpc) is 3.36. The van der Waals surface area contributed by atoms with Crippen LogP contribution in [0.1, 0.15) is 24.0 Å². The van der Waals surface area contributed by atoms with Crippen molar-refractivity contribution in [3.05, 3.63) is 77.4 Å². The first kappa shape index (κ1) is 15.9. The molecule has 1 fully saturated rings. The lowest BCUT2D eigenvalue weighted by Crippen LogP contribution is -2.26. The van der Waals surface area contributed by atoms with Crippen molar-refractivity contribution < 1.29 is 8.78 Å². The van der Waals surface area contributed by atoms with E-state index in [1.54, 1.807) is 0 Å². The number of benzene rings is 2. The number of halogens is 2. The van der Waals surface area contributed by atoms with Crippen LogP contribution in [-0.4, -0.2) is 18.0 Å². The zero-order valence-electron chi connectivity index (χ0n) is 13.1. The first-order chi connectivity index (χ1) is 11.2. The van der Waals surface area contributed by atoms with Gasteiger partial charge in [-0.15, -0.1) is 0 Å². The predicted octanol–water partition coefficient (Wildman–Crippen LogP) is 4.89. The molecule has 0 radical (unpaired) electrons. The smallest absolute Gasteiger partial charge is 0.127 e.